The van der Waals surface area contributed by atoms with Crippen LogP contribution in [0.2, 0.25) is 0 Å². The van der Waals surface area contributed by atoms with E-state index in [0.717, 1.165) is 25.9 Å². The molecule has 0 amide bonds. The molecule has 3 nitrogen and oxygen atoms in total. The van der Waals surface area contributed by atoms with Crippen LogP contribution in [0.15, 0.2) is 0 Å². The lowest BCUT2D eigenvalue weighted by Crippen LogP contribution is -2.37. The molecule has 3 heteroatoms. The zero-order valence-electron chi connectivity index (χ0n) is 11.9. The van der Waals surface area contributed by atoms with Gasteiger partial charge < -0.3 is 9.80 Å². The third kappa shape index (κ3) is 5.17. The zero-order chi connectivity index (χ0) is 12.8. The first-order valence-electron chi connectivity index (χ1n) is 6.84. The summed E-state index contributed by atoms with van der Waals surface area (Å²) in [5, 5.41) is 0. The van der Waals surface area contributed by atoms with E-state index in [1.165, 1.54) is 19.3 Å². The van der Waals surface area contributed by atoms with Crippen LogP contribution in [0.1, 0.15) is 32.1 Å². The maximum absolute atomic E-state index is 12.5. The maximum atomic E-state index is 12.5. The number of nitrogens with zero attached hydrogens (tertiary/aromatic N) is 2. The number of Topliss-reactive ketones (excluding diaryl/α,β-unsaturated/α-hetero) is 1. The quantitative estimate of drug-likeness (QED) is 0.749. The molecule has 1 rings (SSSR count). The second-order valence-corrected chi connectivity index (χ2v) is 5.96. The zero-order valence-corrected chi connectivity index (χ0v) is 11.9. The predicted molar refractivity (Wildman–Crippen MR) is 72.2 cm³/mol. The Morgan fingerprint density at radius 2 is 1.29 bits per heavy atom. The van der Waals surface area contributed by atoms with E-state index in [1.807, 2.05) is 0 Å². The van der Waals surface area contributed by atoms with Gasteiger partial charge >= 0.3 is 0 Å². The number of rotatable bonds is 4. The SMILES string of the molecule is CN(C)C[C@H]1CCCCC[C@@H](CN(C)C)C1=O. The summed E-state index contributed by atoms with van der Waals surface area (Å²) in [6, 6.07) is 0. The second kappa shape index (κ2) is 7.12. The van der Waals surface area contributed by atoms with E-state index in [1.54, 1.807) is 0 Å². The van der Waals surface area contributed by atoms with Gasteiger partial charge in [-0.3, -0.25) is 4.79 Å². The third-order valence-corrected chi connectivity index (χ3v) is 3.58. The average Bonchev–Trinajstić information content (AvgIpc) is 2.21. The first kappa shape index (κ1) is 14.7. The Labute approximate surface area is 106 Å². The Balaban J connectivity index is 2.64. The molecule has 100 valence electrons. The van der Waals surface area contributed by atoms with Crippen LogP contribution in [0.4, 0.5) is 0 Å². The number of carbonyl (C=O) groups is 1. The van der Waals surface area contributed by atoms with Crippen molar-refractivity contribution < 1.29 is 4.79 Å². The lowest BCUT2D eigenvalue weighted by atomic mass is 9.82. The van der Waals surface area contributed by atoms with Crippen LogP contribution in [0.25, 0.3) is 0 Å². The normalized spacial score (nSPS) is 27.3. The van der Waals surface area contributed by atoms with Crippen LogP contribution in [0, 0.1) is 11.8 Å². The molecule has 1 aliphatic carbocycles. The molecule has 2 atom stereocenters. The highest BCUT2D eigenvalue weighted by molar-refractivity contribution is 5.84. The van der Waals surface area contributed by atoms with Gasteiger partial charge in [0.05, 0.1) is 0 Å². The van der Waals surface area contributed by atoms with Crippen molar-refractivity contribution in [3.8, 4) is 0 Å². The van der Waals surface area contributed by atoms with E-state index in [2.05, 4.69) is 38.0 Å². The van der Waals surface area contributed by atoms with Crippen molar-refractivity contribution in [2.75, 3.05) is 41.3 Å². The third-order valence-electron chi connectivity index (χ3n) is 3.58. The lowest BCUT2D eigenvalue weighted by Gasteiger charge is -2.28. The minimum atomic E-state index is 0.259. The van der Waals surface area contributed by atoms with Gasteiger partial charge in [0.2, 0.25) is 0 Å². The fourth-order valence-corrected chi connectivity index (χ4v) is 2.82. The average molecular weight is 240 g/mol. The smallest absolute Gasteiger partial charge is 0.141 e. The van der Waals surface area contributed by atoms with Gasteiger partial charge in [0.15, 0.2) is 0 Å². The fourth-order valence-electron chi connectivity index (χ4n) is 2.82. The molecule has 1 saturated carbocycles. The molecule has 1 fully saturated rings. The van der Waals surface area contributed by atoms with Crippen molar-refractivity contribution >= 4 is 5.78 Å². The summed E-state index contributed by atoms with van der Waals surface area (Å²) in [4.78, 5) is 16.8. The van der Waals surface area contributed by atoms with E-state index in [4.69, 9.17) is 0 Å². The first-order valence-corrected chi connectivity index (χ1v) is 6.84. The van der Waals surface area contributed by atoms with Crippen molar-refractivity contribution in [1.82, 2.24) is 9.80 Å². The van der Waals surface area contributed by atoms with E-state index in [0.29, 0.717) is 5.78 Å². The molecular weight excluding hydrogens is 212 g/mol. The van der Waals surface area contributed by atoms with Crippen molar-refractivity contribution in [2.24, 2.45) is 11.8 Å². The van der Waals surface area contributed by atoms with Gasteiger partial charge in [-0.15, -0.1) is 0 Å². The number of hydrogen-bond acceptors (Lipinski definition) is 3. The molecule has 0 aromatic heterocycles. The molecule has 0 aromatic rings. The van der Waals surface area contributed by atoms with Gasteiger partial charge in [-0.1, -0.05) is 19.3 Å². The predicted octanol–water partition coefficient (Wildman–Crippen LogP) is 1.88. The molecule has 0 bridgehead atoms. The Morgan fingerprint density at radius 1 is 0.882 bits per heavy atom. The van der Waals surface area contributed by atoms with Crippen molar-refractivity contribution in [1.29, 1.82) is 0 Å². The van der Waals surface area contributed by atoms with Crippen LogP contribution >= 0.6 is 0 Å². The summed E-state index contributed by atoms with van der Waals surface area (Å²) in [6.07, 6.45) is 5.90. The van der Waals surface area contributed by atoms with E-state index >= 15 is 0 Å². The van der Waals surface area contributed by atoms with Crippen LogP contribution in [-0.2, 0) is 4.79 Å². The standard InChI is InChI=1S/C14H28N2O/c1-15(2)10-12-8-6-5-7-9-13(14(12)17)11-16(3)4/h12-13H,5-11H2,1-4H3/t12-,13+. The molecule has 0 heterocycles. The molecule has 0 aromatic carbocycles. The summed E-state index contributed by atoms with van der Waals surface area (Å²) < 4.78 is 0. The Hall–Kier alpha value is -0.410. The minimum Gasteiger partial charge on any atom is -0.309 e. The van der Waals surface area contributed by atoms with Crippen molar-refractivity contribution in [3.05, 3.63) is 0 Å². The Kier molecular flexibility index (Phi) is 6.14. The summed E-state index contributed by atoms with van der Waals surface area (Å²) in [6.45, 7) is 1.84. The van der Waals surface area contributed by atoms with E-state index < -0.39 is 0 Å². The fraction of sp³-hybridized carbons (Fsp3) is 0.929. The van der Waals surface area contributed by atoms with Crippen molar-refractivity contribution in [2.45, 2.75) is 32.1 Å². The molecule has 17 heavy (non-hydrogen) atoms. The number of carbonyl (C=O) groups excluding carboxylic acids is 1. The van der Waals surface area contributed by atoms with Crippen molar-refractivity contribution in [3.63, 3.8) is 0 Å². The highest BCUT2D eigenvalue weighted by Gasteiger charge is 2.28. The first-order chi connectivity index (χ1) is 8.00. The Bertz CT molecular complexity index is 216. The summed E-state index contributed by atoms with van der Waals surface area (Å²) in [5.41, 5.74) is 0. The minimum absolute atomic E-state index is 0.259. The highest BCUT2D eigenvalue weighted by atomic mass is 16.1. The molecule has 0 unspecified atom stereocenters. The summed E-state index contributed by atoms with van der Waals surface area (Å²) in [5.74, 6) is 1.03. The van der Waals surface area contributed by atoms with E-state index in [-0.39, 0.29) is 11.8 Å². The second-order valence-electron chi connectivity index (χ2n) is 5.96. The van der Waals surface area contributed by atoms with Gasteiger partial charge in [-0.25, -0.2) is 0 Å². The molecule has 0 N–H and O–H groups in total. The topological polar surface area (TPSA) is 23.6 Å². The molecule has 0 aliphatic heterocycles. The largest absolute Gasteiger partial charge is 0.309 e. The molecule has 0 saturated heterocycles. The van der Waals surface area contributed by atoms with Crippen LogP contribution < -0.4 is 0 Å². The van der Waals surface area contributed by atoms with Gasteiger partial charge in [0.1, 0.15) is 5.78 Å². The molecule has 0 radical (unpaired) electrons. The lowest BCUT2D eigenvalue weighted by molar-refractivity contribution is -0.128. The van der Waals surface area contributed by atoms with Crippen LogP contribution in [0.3, 0.4) is 0 Å². The highest BCUT2D eigenvalue weighted by Crippen LogP contribution is 2.24. The Morgan fingerprint density at radius 3 is 1.65 bits per heavy atom. The van der Waals surface area contributed by atoms with E-state index in [9.17, 15) is 4.79 Å². The van der Waals surface area contributed by atoms with Crippen LogP contribution in [-0.4, -0.2) is 56.9 Å². The van der Waals surface area contributed by atoms with Gasteiger partial charge in [-0.2, -0.15) is 0 Å². The molecule has 1 aliphatic rings. The molecular formula is C14H28N2O. The van der Waals surface area contributed by atoms with Gasteiger partial charge in [-0.05, 0) is 41.0 Å². The molecule has 0 spiro atoms. The summed E-state index contributed by atoms with van der Waals surface area (Å²) in [7, 11) is 8.25. The van der Waals surface area contributed by atoms with Gasteiger partial charge in [0.25, 0.3) is 0 Å². The monoisotopic (exact) mass is 240 g/mol. The number of ketones is 1. The number of hydrogen-bond donors (Lipinski definition) is 0. The maximum Gasteiger partial charge on any atom is 0.141 e. The van der Waals surface area contributed by atoms with Gasteiger partial charge in [0, 0.05) is 24.9 Å². The van der Waals surface area contributed by atoms with Crippen LogP contribution in [0.5, 0.6) is 0 Å². The summed E-state index contributed by atoms with van der Waals surface area (Å²) >= 11 is 0.